The van der Waals surface area contributed by atoms with Crippen molar-refractivity contribution in [3.05, 3.63) is 0 Å². The molecule has 0 aliphatic heterocycles. The van der Waals surface area contributed by atoms with Gasteiger partial charge < -0.3 is 0 Å². The third kappa shape index (κ3) is 2.91. The van der Waals surface area contributed by atoms with Gasteiger partial charge in [0.1, 0.15) is 0 Å². The Kier molecular flexibility index (Phi) is 3.41. The highest BCUT2D eigenvalue weighted by atomic mass is 19.4. The van der Waals surface area contributed by atoms with Crippen molar-refractivity contribution in [2.75, 3.05) is 0 Å². The van der Waals surface area contributed by atoms with Gasteiger partial charge in [0.25, 0.3) is 12.1 Å². The number of rotatable bonds is 3. The Bertz CT molecular complexity index is 137. The van der Waals surface area contributed by atoms with Crippen LogP contribution in [0.15, 0.2) is 0 Å². The molecule has 0 fully saturated rings. The van der Waals surface area contributed by atoms with E-state index < -0.39 is 24.7 Å². The van der Waals surface area contributed by atoms with E-state index in [0.29, 0.717) is 0 Å². The number of hydrogen-bond acceptors (Lipinski definition) is 0. The van der Waals surface area contributed by atoms with Gasteiger partial charge in [-0.1, -0.05) is 13.3 Å². The highest BCUT2D eigenvalue weighted by molar-refractivity contribution is 4.82. The molecule has 0 saturated heterocycles. The summed E-state index contributed by atoms with van der Waals surface area (Å²) in [4.78, 5) is 0. The van der Waals surface area contributed by atoms with Crippen molar-refractivity contribution >= 4 is 0 Å². The average Bonchev–Trinajstić information content (AvgIpc) is 1.84. The summed E-state index contributed by atoms with van der Waals surface area (Å²) in [7, 11) is 0. The lowest BCUT2D eigenvalue weighted by Crippen LogP contribution is -2.41. The van der Waals surface area contributed by atoms with Crippen LogP contribution in [0.25, 0.3) is 0 Å². The van der Waals surface area contributed by atoms with Crippen molar-refractivity contribution in [3.8, 4) is 0 Å². The van der Waals surface area contributed by atoms with Gasteiger partial charge in [-0.3, -0.25) is 0 Å². The van der Waals surface area contributed by atoms with Crippen LogP contribution < -0.4 is 0 Å². The fourth-order valence-electron chi connectivity index (χ4n) is 0.699. The summed E-state index contributed by atoms with van der Waals surface area (Å²) in [6, 6.07) is 0. The minimum atomic E-state index is -5.47. The van der Waals surface area contributed by atoms with E-state index >= 15 is 0 Å². The topological polar surface area (TPSA) is 0 Å². The summed E-state index contributed by atoms with van der Waals surface area (Å²) in [5.41, 5.74) is 0. The summed E-state index contributed by atoms with van der Waals surface area (Å²) in [5.74, 6) is -4.30. The van der Waals surface area contributed by atoms with E-state index in [1.54, 1.807) is 0 Å². The molecular weight excluding hydrogens is 186 g/mol. The quantitative estimate of drug-likeness (QED) is 0.604. The Morgan fingerprint density at radius 2 is 1.50 bits per heavy atom. The summed E-state index contributed by atoms with van der Waals surface area (Å²) in [6.07, 6.45) is -10.8. The van der Waals surface area contributed by atoms with E-state index in [4.69, 9.17) is 0 Å². The van der Waals surface area contributed by atoms with Crippen LogP contribution in [0.2, 0.25) is 0 Å². The molecule has 1 atom stereocenters. The predicted octanol–water partition coefficient (Wildman–Crippen LogP) is 3.32. The van der Waals surface area contributed by atoms with Crippen molar-refractivity contribution in [1.29, 1.82) is 0 Å². The third-order valence-electron chi connectivity index (χ3n) is 1.24. The molecule has 12 heavy (non-hydrogen) atoms. The standard InChI is InChI=1S/C6H8F6/c1-2-3-5(8,9)4(7)6(10,11)12/h4H,2-3H2,1H3. The van der Waals surface area contributed by atoms with E-state index in [1.165, 1.54) is 6.92 Å². The minimum Gasteiger partial charge on any atom is -0.231 e. The third-order valence-corrected chi connectivity index (χ3v) is 1.24. The van der Waals surface area contributed by atoms with Crippen molar-refractivity contribution in [1.82, 2.24) is 0 Å². The van der Waals surface area contributed by atoms with Gasteiger partial charge in [-0.15, -0.1) is 0 Å². The van der Waals surface area contributed by atoms with Crippen LogP contribution in [0.3, 0.4) is 0 Å². The van der Waals surface area contributed by atoms with Crippen LogP contribution >= 0.6 is 0 Å². The van der Waals surface area contributed by atoms with Crippen LogP contribution in [0.1, 0.15) is 19.8 Å². The van der Waals surface area contributed by atoms with Crippen LogP contribution in [0, 0.1) is 0 Å². The molecule has 0 rings (SSSR count). The lowest BCUT2D eigenvalue weighted by atomic mass is 10.1. The minimum absolute atomic E-state index is 0.191. The van der Waals surface area contributed by atoms with Gasteiger partial charge >= 0.3 is 6.18 Å². The average molecular weight is 194 g/mol. The molecule has 0 aromatic heterocycles. The fourth-order valence-corrected chi connectivity index (χ4v) is 0.699. The van der Waals surface area contributed by atoms with E-state index in [2.05, 4.69) is 0 Å². The smallest absolute Gasteiger partial charge is 0.231 e. The maximum Gasteiger partial charge on any atom is 0.425 e. The van der Waals surface area contributed by atoms with Gasteiger partial charge in [0.05, 0.1) is 0 Å². The van der Waals surface area contributed by atoms with Gasteiger partial charge in [-0.25, -0.2) is 13.2 Å². The molecule has 1 unspecified atom stereocenters. The zero-order valence-electron chi connectivity index (χ0n) is 6.26. The van der Waals surface area contributed by atoms with Gasteiger partial charge in [-0.05, 0) is 0 Å². The molecule has 0 heterocycles. The number of halogens is 6. The first kappa shape index (κ1) is 11.6. The Morgan fingerprint density at radius 1 is 1.08 bits per heavy atom. The first-order valence-corrected chi connectivity index (χ1v) is 3.30. The highest BCUT2D eigenvalue weighted by Gasteiger charge is 2.55. The van der Waals surface area contributed by atoms with Crippen LogP contribution in [0.5, 0.6) is 0 Å². The largest absolute Gasteiger partial charge is 0.425 e. The molecule has 0 aromatic carbocycles. The van der Waals surface area contributed by atoms with E-state index in [1.807, 2.05) is 0 Å². The zero-order chi connectivity index (χ0) is 9.99. The van der Waals surface area contributed by atoms with Crippen molar-refractivity contribution in [3.63, 3.8) is 0 Å². The SMILES string of the molecule is CCCC(F)(F)C(F)C(F)(F)F. The first-order chi connectivity index (χ1) is 5.22. The Balaban J connectivity index is 4.34. The van der Waals surface area contributed by atoms with Crippen LogP contribution in [-0.4, -0.2) is 18.3 Å². The molecule has 0 nitrogen and oxygen atoms in total. The van der Waals surface area contributed by atoms with Crippen LogP contribution in [0.4, 0.5) is 26.3 Å². The summed E-state index contributed by atoms with van der Waals surface area (Å²) in [5, 5.41) is 0. The second-order valence-electron chi connectivity index (χ2n) is 2.42. The van der Waals surface area contributed by atoms with Crippen LogP contribution in [-0.2, 0) is 0 Å². The number of alkyl halides is 6. The normalized spacial score (nSPS) is 16.2. The Morgan fingerprint density at radius 3 is 1.75 bits per heavy atom. The second-order valence-corrected chi connectivity index (χ2v) is 2.42. The molecule has 0 aliphatic rings. The summed E-state index contributed by atoms with van der Waals surface area (Å²) in [6.45, 7) is 1.26. The molecule has 0 aliphatic carbocycles. The molecule has 74 valence electrons. The molecule has 0 aromatic rings. The lowest BCUT2D eigenvalue weighted by Gasteiger charge is -2.21. The number of hydrogen-bond donors (Lipinski definition) is 0. The van der Waals surface area contributed by atoms with Crippen molar-refractivity contribution in [2.24, 2.45) is 0 Å². The fraction of sp³-hybridized carbons (Fsp3) is 1.00. The molecule has 0 spiro atoms. The second kappa shape index (κ2) is 3.53. The van der Waals surface area contributed by atoms with Crippen molar-refractivity contribution in [2.45, 2.75) is 38.0 Å². The predicted molar refractivity (Wildman–Crippen MR) is 30.8 cm³/mol. The van der Waals surface area contributed by atoms with E-state index in [9.17, 15) is 26.3 Å². The van der Waals surface area contributed by atoms with E-state index in [0.717, 1.165) is 0 Å². The Labute approximate surface area is 65.6 Å². The van der Waals surface area contributed by atoms with E-state index in [-0.39, 0.29) is 6.42 Å². The highest BCUT2D eigenvalue weighted by Crippen LogP contribution is 2.37. The molecular formula is C6H8F6. The maximum atomic E-state index is 12.2. The molecule has 0 radical (unpaired) electrons. The molecule has 6 heteroatoms. The maximum absolute atomic E-state index is 12.2. The Hall–Kier alpha value is -0.420. The van der Waals surface area contributed by atoms with Gasteiger partial charge in [-0.2, -0.15) is 13.2 Å². The zero-order valence-corrected chi connectivity index (χ0v) is 6.26. The molecule has 0 bridgehead atoms. The lowest BCUT2D eigenvalue weighted by molar-refractivity contribution is -0.245. The molecule has 0 N–H and O–H groups in total. The summed E-state index contributed by atoms with van der Waals surface area (Å²) < 4.78 is 70.7. The van der Waals surface area contributed by atoms with Gasteiger partial charge in [0, 0.05) is 6.42 Å². The summed E-state index contributed by atoms with van der Waals surface area (Å²) >= 11 is 0. The van der Waals surface area contributed by atoms with Crippen molar-refractivity contribution < 1.29 is 26.3 Å². The van der Waals surface area contributed by atoms with Gasteiger partial charge in [0.15, 0.2) is 0 Å². The molecule has 0 saturated carbocycles. The monoisotopic (exact) mass is 194 g/mol. The van der Waals surface area contributed by atoms with Gasteiger partial charge in [0.2, 0.25) is 0 Å². The first-order valence-electron chi connectivity index (χ1n) is 3.30. The molecule has 0 amide bonds.